The molecule has 0 aliphatic heterocycles. The van der Waals surface area contributed by atoms with Crippen molar-refractivity contribution in [1.82, 2.24) is 0 Å². The van der Waals surface area contributed by atoms with Gasteiger partial charge in [0.15, 0.2) is 9.84 Å². The highest BCUT2D eigenvalue weighted by atomic mass is 32.2. The van der Waals surface area contributed by atoms with Crippen molar-refractivity contribution >= 4 is 15.5 Å². The molecule has 2 aromatic carbocycles. The minimum atomic E-state index is -3.39. The molecule has 0 bridgehead atoms. The molecule has 0 fully saturated rings. The average molecular weight is 275 g/mol. The van der Waals surface area contributed by atoms with Crippen LogP contribution in [0.5, 0.6) is 0 Å². The number of hydrogen-bond donors (Lipinski definition) is 1. The molecule has 19 heavy (non-hydrogen) atoms. The molecule has 0 unspecified atom stereocenters. The molecule has 0 atom stereocenters. The Bertz CT molecular complexity index is 661. The predicted molar refractivity (Wildman–Crippen MR) is 77.6 cm³/mol. The molecular weight excluding hydrogens is 258 g/mol. The highest BCUT2D eigenvalue weighted by molar-refractivity contribution is 7.90. The lowest BCUT2D eigenvalue weighted by Gasteiger charge is -2.07. The summed E-state index contributed by atoms with van der Waals surface area (Å²) in [6.45, 7) is 2.07. The zero-order chi connectivity index (χ0) is 13.9. The number of nitrogen functional groups attached to an aromatic ring is 1. The standard InChI is InChI=1S/C15H17NO2S/c1-2-12-7-9-13(10-8-12)11-19(17,18)15-6-4-3-5-14(15)16/h3-10H,2,11,16H2,1H3. The second-order valence-corrected chi connectivity index (χ2v) is 6.42. The van der Waals surface area contributed by atoms with Crippen LogP contribution >= 0.6 is 0 Å². The number of aryl methyl sites for hydroxylation is 1. The average Bonchev–Trinajstić information content (AvgIpc) is 2.39. The maximum Gasteiger partial charge on any atom is 0.184 e. The molecule has 0 aliphatic rings. The molecule has 2 aromatic rings. The summed E-state index contributed by atoms with van der Waals surface area (Å²) in [6.07, 6.45) is 0.943. The van der Waals surface area contributed by atoms with Gasteiger partial charge in [0.25, 0.3) is 0 Å². The number of anilines is 1. The summed E-state index contributed by atoms with van der Waals surface area (Å²) in [5.74, 6) is -0.0226. The highest BCUT2D eigenvalue weighted by Gasteiger charge is 2.17. The van der Waals surface area contributed by atoms with E-state index in [0.717, 1.165) is 12.0 Å². The molecule has 2 rings (SSSR count). The van der Waals surface area contributed by atoms with E-state index < -0.39 is 9.84 Å². The van der Waals surface area contributed by atoms with Crippen molar-refractivity contribution in [1.29, 1.82) is 0 Å². The van der Waals surface area contributed by atoms with Gasteiger partial charge in [-0.15, -0.1) is 0 Å². The molecule has 0 saturated carbocycles. The van der Waals surface area contributed by atoms with E-state index in [0.29, 0.717) is 5.69 Å². The Morgan fingerprint density at radius 1 is 0.947 bits per heavy atom. The van der Waals surface area contributed by atoms with Crippen LogP contribution in [-0.4, -0.2) is 8.42 Å². The van der Waals surface area contributed by atoms with E-state index in [4.69, 9.17) is 5.73 Å². The van der Waals surface area contributed by atoms with Crippen LogP contribution in [0, 0.1) is 0 Å². The van der Waals surface area contributed by atoms with Crippen molar-refractivity contribution in [3.8, 4) is 0 Å². The summed E-state index contributed by atoms with van der Waals surface area (Å²) in [7, 11) is -3.39. The van der Waals surface area contributed by atoms with Gasteiger partial charge in [0.1, 0.15) is 0 Å². The van der Waals surface area contributed by atoms with Gasteiger partial charge >= 0.3 is 0 Å². The predicted octanol–water partition coefficient (Wildman–Crippen LogP) is 2.81. The molecule has 0 spiro atoms. The van der Waals surface area contributed by atoms with Crippen LogP contribution in [0.1, 0.15) is 18.1 Å². The Labute approximate surface area is 114 Å². The van der Waals surface area contributed by atoms with E-state index in [9.17, 15) is 8.42 Å². The Morgan fingerprint density at radius 2 is 1.53 bits per heavy atom. The highest BCUT2D eigenvalue weighted by Crippen LogP contribution is 2.22. The third kappa shape index (κ3) is 3.15. The summed E-state index contributed by atoms with van der Waals surface area (Å²) >= 11 is 0. The first-order valence-corrected chi connectivity index (χ1v) is 7.83. The van der Waals surface area contributed by atoms with E-state index in [1.54, 1.807) is 24.3 Å². The summed E-state index contributed by atoms with van der Waals surface area (Å²) < 4.78 is 24.6. The molecule has 0 aliphatic carbocycles. The summed E-state index contributed by atoms with van der Waals surface area (Å²) in [5.41, 5.74) is 8.00. The van der Waals surface area contributed by atoms with Gasteiger partial charge in [0.05, 0.1) is 16.3 Å². The van der Waals surface area contributed by atoms with E-state index in [-0.39, 0.29) is 10.6 Å². The Morgan fingerprint density at radius 3 is 2.11 bits per heavy atom. The van der Waals surface area contributed by atoms with Gasteiger partial charge in [0, 0.05) is 0 Å². The minimum absolute atomic E-state index is 0.0226. The number of rotatable bonds is 4. The fourth-order valence-electron chi connectivity index (χ4n) is 1.93. The van der Waals surface area contributed by atoms with Gasteiger partial charge in [-0.3, -0.25) is 0 Å². The first kappa shape index (κ1) is 13.6. The van der Waals surface area contributed by atoms with Crippen molar-refractivity contribution in [3.63, 3.8) is 0 Å². The third-order valence-electron chi connectivity index (χ3n) is 3.04. The smallest absolute Gasteiger partial charge is 0.184 e. The van der Waals surface area contributed by atoms with Crippen molar-refractivity contribution in [2.24, 2.45) is 0 Å². The van der Waals surface area contributed by atoms with Gasteiger partial charge in [-0.25, -0.2) is 8.42 Å². The Hall–Kier alpha value is -1.81. The van der Waals surface area contributed by atoms with E-state index >= 15 is 0 Å². The maximum atomic E-state index is 12.3. The topological polar surface area (TPSA) is 60.2 Å². The van der Waals surface area contributed by atoms with Crippen molar-refractivity contribution in [2.45, 2.75) is 24.0 Å². The molecule has 4 heteroatoms. The lowest BCUT2D eigenvalue weighted by atomic mass is 10.1. The fourth-order valence-corrected chi connectivity index (χ4v) is 3.43. The quantitative estimate of drug-likeness (QED) is 0.873. The molecule has 0 amide bonds. The van der Waals surface area contributed by atoms with Crippen LogP contribution in [0.15, 0.2) is 53.4 Å². The van der Waals surface area contributed by atoms with E-state index in [1.807, 2.05) is 24.3 Å². The molecule has 0 heterocycles. The second kappa shape index (κ2) is 5.45. The van der Waals surface area contributed by atoms with Crippen LogP contribution in [-0.2, 0) is 22.0 Å². The van der Waals surface area contributed by atoms with Gasteiger partial charge in [-0.05, 0) is 29.7 Å². The normalized spacial score (nSPS) is 11.4. The van der Waals surface area contributed by atoms with E-state index in [1.165, 1.54) is 5.56 Å². The van der Waals surface area contributed by atoms with Crippen molar-refractivity contribution in [3.05, 3.63) is 59.7 Å². The third-order valence-corrected chi connectivity index (χ3v) is 4.80. The Kier molecular flexibility index (Phi) is 3.90. The lowest BCUT2D eigenvalue weighted by Crippen LogP contribution is -2.07. The lowest BCUT2D eigenvalue weighted by molar-refractivity contribution is 0.595. The van der Waals surface area contributed by atoms with Gasteiger partial charge < -0.3 is 5.73 Å². The number of hydrogen-bond acceptors (Lipinski definition) is 3. The molecule has 2 N–H and O–H groups in total. The van der Waals surface area contributed by atoms with Crippen LogP contribution < -0.4 is 5.73 Å². The number of para-hydroxylation sites is 1. The number of benzene rings is 2. The SMILES string of the molecule is CCc1ccc(CS(=O)(=O)c2ccccc2N)cc1. The number of nitrogens with two attached hydrogens (primary N) is 1. The second-order valence-electron chi connectivity index (χ2n) is 4.47. The van der Waals surface area contributed by atoms with Crippen LogP contribution in [0.25, 0.3) is 0 Å². The molecule has 0 radical (unpaired) electrons. The minimum Gasteiger partial charge on any atom is -0.398 e. The largest absolute Gasteiger partial charge is 0.398 e. The molecule has 0 aromatic heterocycles. The molecule has 0 saturated heterocycles. The first-order chi connectivity index (χ1) is 9.03. The summed E-state index contributed by atoms with van der Waals surface area (Å²) in [4.78, 5) is 0.203. The zero-order valence-electron chi connectivity index (χ0n) is 10.8. The maximum absolute atomic E-state index is 12.3. The summed E-state index contributed by atoms with van der Waals surface area (Å²) in [5, 5.41) is 0. The van der Waals surface area contributed by atoms with E-state index in [2.05, 4.69) is 6.92 Å². The van der Waals surface area contributed by atoms with Gasteiger partial charge in [0.2, 0.25) is 0 Å². The molecule has 3 nitrogen and oxygen atoms in total. The first-order valence-electron chi connectivity index (χ1n) is 6.18. The summed E-state index contributed by atoms with van der Waals surface area (Å²) in [6, 6.07) is 14.2. The van der Waals surface area contributed by atoms with Crippen molar-refractivity contribution < 1.29 is 8.42 Å². The fraction of sp³-hybridized carbons (Fsp3) is 0.200. The molecule has 100 valence electrons. The van der Waals surface area contributed by atoms with Crippen LogP contribution in [0.4, 0.5) is 5.69 Å². The zero-order valence-corrected chi connectivity index (χ0v) is 11.7. The van der Waals surface area contributed by atoms with Gasteiger partial charge in [-0.1, -0.05) is 43.3 Å². The van der Waals surface area contributed by atoms with Crippen LogP contribution in [0.3, 0.4) is 0 Å². The van der Waals surface area contributed by atoms with Crippen molar-refractivity contribution in [2.75, 3.05) is 5.73 Å². The monoisotopic (exact) mass is 275 g/mol. The van der Waals surface area contributed by atoms with Crippen LogP contribution in [0.2, 0.25) is 0 Å². The molecular formula is C15H17NO2S. The number of sulfone groups is 1. The Balaban J connectivity index is 2.28. The van der Waals surface area contributed by atoms with Gasteiger partial charge in [-0.2, -0.15) is 0 Å².